The van der Waals surface area contributed by atoms with E-state index in [1.807, 2.05) is 19.1 Å². The zero-order valence-electron chi connectivity index (χ0n) is 15.3. The molecule has 134 valence electrons. The number of ether oxygens (including phenoxy) is 2. The summed E-state index contributed by atoms with van der Waals surface area (Å²) in [6.07, 6.45) is 0. The van der Waals surface area contributed by atoms with Crippen LogP contribution in [0.5, 0.6) is 5.75 Å². The fraction of sp³-hybridized carbons (Fsp3) is 0.350. The summed E-state index contributed by atoms with van der Waals surface area (Å²) >= 11 is 12.4. The second-order valence-electron chi connectivity index (χ2n) is 6.87. The SMILES string of the molecule is COC(=O)c1c(C)c(-c2ccc(Cl)cc2Cl)cc(C(C)(C)C)c1OC. The Labute approximate surface area is 158 Å². The highest BCUT2D eigenvalue weighted by molar-refractivity contribution is 6.36. The van der Waals surface area contributed by atoms with Gasteiger partial charge in [0.1, 0.15) is 11.3 Å². The van der Waals surface area contributed by atoms with Crippen LogP contribution in [-0.4, -0.2) is 20.2 Å². The van der Waals surface area contributed by atoms with Crippen LogP contribution in [0.4, 0.5) is 0 Å². The van der Waals surface area contributed by atoms with E-state index in [9.17, 15) is 4.79 Å². The Bertz CT molecular complexity index is 821. The van der Waals surface area contributed by atoms with Crippen molar-refractivity contribution in [3.63, 3.8) is 0 Å². The molecule has 0 N–H and O–H groups in total. The van der Waals surface area contributed by atoms with Gasteiger partial charge in [0.2, 0.25) is 0 Å². The Morgan fingerprint density at radius 3 is 2.16 bits per heavy atom. The summed E-state index contributed by atoms with van der Waals surface area (Å²) in [5.41, 5.74) is 3.49. The van der Waals surface area contributed by atoms with Gasteiger partial charge in [0.25, 0.3) is 0 Å². The largest absolute Gasteiger partial charge is 0.496 e. The highest BCUT2D eigenvalue weighted by Crippen LogP contribution is 2.42. The highest BCUT2D eigenvalue weighted by Gasteiger charge is 2.29. The molecule has 0 fully saturated rings. The van der Waals surface area contributed by atoms with E-state index in [1.165, 1.54) is 7.11 Å². The van der Waals surface area contributed by atoms with Gasteiger partial charge in [-0.15, -0.1) is 0 Å². The molecular formula is C20H22Cl2O3. The van der Waals surface area contributed by atoms with E-state index in [2.05, 4.69) is 20.8 Å². The van der Waals surface area contributed by atoms with Gasteiger partial charge < -0.3 is 9.47 Å². The first-order valence-electron chi connectivity index (χ1n) is 7.87. The van der Waals surface area contributed by atoms with E-state index in [4.69, 9.17) is 32.7 Å². The smallest absolute Gasteiger partial charge is 0.341 e. The quantitative estimate of drug-likeness (QED) is 0.606. The molecule has 5 heteroatoms. The molecule has 3 nitrogen and oxygen atoms in total. The molecule has 0 spiro atoms. The summed E-state index contributed by atoms with van der Waals surface area (Å²) in [5, 5.41) is 1.08. The summed E-state index contributed by atoms with van der Waals surface area (Å²) < 4.78 is 10.6. The molecule has 0 aromatic heterocycles. The Hall–Kier alpha value is -1.71. The van der Waals surface area contributed by atoms with Crippen LogP contribution < -0.4 is 4.74 Å². The van der Waals surface area contributed by atoms with E-state index in [0.717, 1.165) is 22.3 Å². The molecule has 25 heavy (non-hydrogen) atoms. The lowest BCUT2D eigenvalue weighted by molar-refractivity contribution is 0.0596. The molecule has 0 aliphatic carbocycles. The normalized spacial score (nSPS) is 11.4. The lowest BCUT2D eigenvalue weighted by Crippen LogP contribution is -2.17. The minimum atomic E-state index is -0.438. The second-order valence-corrected chi connectivity index (χ2v) is 7.71. The molecule has 0 radical (unpaired) electrons. The zero-order valence-corrected chi connectivity index (χ0v) is 16.8. The van der Waals surface area contributed by atoms with Crippen molar-refractivity contribution in [1.29, 1.82) is 0 Å². The predicted octanol–water partition coefficient (Wildman–Crippen LogP) is 6.06. The Kier molecular flexibility index (Phi) is 5.70. The first-order chi connectivity index (χ1) is 11.6. The maximum Gasteiger partial charge on any atom is 0.341 e. The van der Waals surface area contributed by atoms with Gasteiger partial charge in [0.15, 0.2) is 0 Å². The standard InChI is InChI=1S/C20H22Cl2O3/c1-11-14(13-8-7-12(21)9-16(13)22)10-15(20(2,3)4)18(24-5)17(11)19(23)25-6/h7-10H,1-6H3. The molecule has 0 amide bonds. The van der Waals surface area contributed by atoms with E-state index in [0.29, 0.717) is 21.4 Å². The van der Waals surface area contributed by atoms with Crippen LogP contribution in [0.2, 0.25) is 10.0 Å². The third-order valence-corrected chi connectivity index (χ3v) is 4.71. The highest BCUT2D eigenvalue weighted by atomic mass is 35.5. The number of hydrogen-bond donors (Lipinski definition) is 0. The van der Waals surface area contributed by atoms with Crippen LogP contribution in [0, 0.1) is 6.92 Å². The van der Waals surface area contributed by atoms with Crippen LogP contribution in [0.3, 0.4) is 0 Å². The van der Waals surface area contributed by atoms with Crippen molar-refractivity contribution in [2.45, 2.75) is 33.1 Å². The first-order valence-corrected chi connectivity index (χ1v) is 8.63. The summed E-state index contributed by atoms with van der Waals surface area (Å²) in [6, 6.07) is 7.35. The molecule has 0 heterocycles. The number of hydrogen-bond acceptors (Lipinski definition) is 3. The molecule has 2 aromatic rings. The van der Waals surface area contributed by atoms with E-state index in [-0.39, 0.29) is 5.41 Å². The van der Waals surface area contributed by atoms with Crippen molar-refractivity contribution in [2.75, 3.05) is 14.2 Å². The van der Waals surface area contributed by atoms with Gasteiger partial charge in [-0.3, -0.25) is 0 Å². The monoisotopic (exact) mass is 380 g/mol. The zero-order chi connectivity index (χ0) is 18.9. The van der Waals surface area contributed by atoms with Crippen LogP contribution in [0.25, 0.3) is 11.1 Å². The maximum absolute atomic E-state index is 12.5. The molecule has 0 saturated heterocycles. The van der Waals surface area contributed by atoms with Gasteiger partial charge in [-0.2, -0.15) is 0 Å². The lowest BCUT2D eigenvalue weighted by Gasteiger charge is -2.26. The third kappa shape index (κ3) is 3.78. The molecule has 0 unspecified atom stereocenters. The number of carbonyl (C=O) groups excluding carboxylic acids is 1. The average molecular weight is 381 g/mol. The van der Waals surface area contributed by atoms with Gasteiger partial charge in [0.05, 0.1) is 14.2 Å². The number of methoxy groups -OCH3 is 2. The van der Waals surface area contributed by atoms with Gasteiger partial charge in [-0.1, -0.05) is 50.0 Å². The average Bonchev–Trinajstić information content (AvgIpc) is 2.53. The molecule has 0 aliphatic heterocycles. The molecule has 0 saturated carbocycles. The number of benzene rings is 2. The molecule has 0 bridgehead atoms. The van der Waals surface area contributed by atoms with Crippen LogP contribution >= 0.6 is 23.2 Å². The fourth-order valence-electron chi connectivity index (χ4n) is 2.86. The molecule has 0 aliphatic rings. The second kappa shape index (κ2) is 7.27. The molecule has 0 atom stereocenters. The van der Waals surface area contributed by atoms with E-state index in [1.54, 1.807) is 19.2 Å². The third-order valence-electron chi connectivity index (χ3n) is 4.16. The first kappa shape index (κ1) is 19.6. The van der Waals surface area contributed by atoms with Crippen molar-refractivity contribution in [1.82, 2.24) is 0 Å². The summed E-state index contributed by atoms with van der Waals surface area (Å²) in [7, 11) is 2.92. The van der Waals surface area contributed by atoms with Gasteiger partial charge in [-0.05, 0) is 41.7 Å². The van der Waals surface area contributed by atoms with Gasteiger partial charge in [-0.25, -0.2) is 4.79 Å². The number of rotatable bonds is 3. The molecular weight excluding hydrogens is 359 g/mol. The van der Waals surface area contributed by atoms with E-state index < -0.39 is 5.97 Å². The summed E-state index contributed by atoms with van der Waals surface area (Å²) in [6.45, 7) is 8.05. The topological polar surface area (TPSA) is 35.5 Å². The number of carbonyl (C=O) groups is 1. The fourth-order valence-corrected chi connectivity index (χ4v) is 3.37. The summed E-state index contributed by atoms with van der Waals surface area (Å²) in [5.74, 6) is 0.0949. The van der Waals surface area contributed by atoms with Crippen LogP contribution in [-0.2, 0) is 10.2 Å². The Balaban J connectivity index is 2.92. The number of esters is 1. The van der Waals surface area contributed by atoms with Gasteiger partial charge in [0, 0.05) is 21.2 Å². The lowest BCUT2D eigenvalue weighted by atomic mass is 9.81. The molecule has 2 rings (SSSR count). The maximum atomic E-state index is 12.5. The predicted molar refractivity (Wildman–Crippen MR) is 103 cm³/mol. The van der Waals surface area contributed by atoms with Crippen molar-refractivity contribution in [3.8, 4) is 16.9 Å². The van der Waals surface area contributed by atoms with Crippen molar-refractivity contribution >= 4 is 29.2 Å². The van der Waals surface area contributed by atoms with Crippen molar-refractivity contribution < 1.29 is 14.3 Å². The Morgan fingerprint density at radius 1 is 1.04 bits per heavy atom. The van der Waals surface area contributed by atoms with Crippen LogP contribution in [0.1, 0.15) is 42.3 Å². The van der Waals surface area contributed by atoms with E-state index >= 15 is 0 Å². The Morgan fingerprint density at radius 2 is 1.68 bits per heavy atom. The van der Waals surface area contributed by atoms with Crippen LogP contribution in [0.15, 0.2) is 24.3 Å². The minimum absolute atomic E-state index is 0.241. The number of halogens is 2. The molecule has 2 aromatic carbocycles. The minimum Gasteiger partial charge on any atom is -0.496 e. The summed E-state index contributed by atoms with van der Waals surface area (Å²) in [4.78, 5) is 12.5. The van der Waals surface area contributed by atoms with Crippen molar-refractivity contribution in [3.05, 3.63) is 51.0 Å². The van der Waals surface area contributed by atoms with Crippen molar-refractivity contribution in [2.24, 2.45) is 0 Å². The van der Waals surface area contributed by atoms with Gasteiger partial charge >= 0.3 is 5.97 Å².